The Morgan fingerprint density at radius 3 is 2.45 bits per heavy atom. The number of nitriles is 2. The van der Waals surface area contributed by atoms with E-state index in [1.165, 1.54) is 11.8 Å². The van der Waals surface area contributed by atoms with Crippen molar-refractivity contribution in [1.82, 2.24) is 4.98 Å². The van der Waals surface area contributed by atoms with Gasteiger partial charge >= 0.3 is 0 Å². The maximum Gasteiger partial charge on any atom is 0.143 e. The molecular formula is C16H14N4OS. The number of hydrogen-bond donors (Lipinski definition) is 1. The number of methoxy groups -OCH3 is 1. The van der Waals surface area contributed by atoms with Gasteiger partial charge in [0.25, 0.3) is 0 Å². The molecule has 1 aromatic heterocycles. The van der Waals surface area contributed by atoms with Gasteiger partial charge < -0.3 is 10.5 Å². The first-order chi connectivity index (χ1) is 10.7. The van der Waals surface area contributed by atoms with Crippen LogP contribution in [0.4, 0.5) is 5.82 Å². The molecule has 0 unspecified atom stereocenters. The summed E-state index contributed by atoms with van der Waals surface area (Å²) in [4.78, 5) is 4.21. The van der Waals surface area contributed by atoms with Gasteiger partial charge in [-0.15, -0.1) is 11.8 Å². The fraction of sp³-hybridized carbons (Fsp3) is 0.188. The van der Waals surface area contributed by atoms with Crippen molar-refractivity contribution in [2.75, 3.05) is 25.2 Å². The molecule has 22 heavy (non-hydrogen) atoms. The van der Waals surface area contributed by atoms with Crippen LogP contribution in [0.5, 0.6) is 0 Å². The summed E-state index contributed by atoms with van der Waals surface area (Å²) in [5.41, 5.74) is 7.83. The number of nitrogens with two attached hydrogens (primary N) is 1. The molecule has 0 aliphatic heterocycles. The highest BCUT2D eigenvalue weighted by molar-refractivity contribution is 7.99. The first-order valence-corrected chi connectivity index (χ1v) is 7.52. The first-order valence-electron chi connectivity index (χ1n) is 6.53. The molecule has 0 bridgehead atoms. The van der Waals surface area contributed by atoms with Gasteiger partial charge in [0.05, 0.1) is 12.2 Å². The SMILES string of the molecule is COCCSc1nc(N)c(C#N)c(-c2ccccc2)c1C#N. The van der Waals surface area contributed by atoms with Crippen LogP contribution >= 0.6 is 11.8 Å². The second-order valence-corrected chi connectivity index (χ2v) is 5.44. The highest BCUT2D eigenvalue weighted by atomic mass is 32.2. The van der Waals surface area contributed by atoms with Crippen LogP contribution in [0.3, 0.4) is 0 Å². The molecule has 0 atom stereocenters. The van der Waals surface area contributed by atoms with Gasteiger partial charge in [0.1, 0.15) is 28.5 Å². The second kappa shape index (κ2) is 7.46. The summed E-state index contributed by atoms with van der Waals surface area (Å²) in [5, 5.41) is 19.4. The fourth-order valence-corrected chi connectivity index (χ4v) is 2.92. The molecule has 2 N–H and O–H groups in total. The molecule has 0 saturated carbocycles. The summed E-state index contributed by atoms with van der Waals surface area (Å²) in [6, 6.07) is 13.5. The number of hydrogen-bond acceptors (Lipinski definition) is 6. The molecule has 1 heterocycles. The monoisotopic (exact) mass is 310 g/mol. The number of pyridine rings is 1. The van der Waals surface area contributed by atoms with E-state index in [-0.39, 0.29) is 11.4 Å². The van der Waals surface area contributed by atoms with E-state index >= 15 is 0 Å². The Hall–Kier alpha value is -2.54. The van der Waals surface area contributed by atoms with Gasteiger partial charge in [0.15, 0.2) is 0 Å². The number of nitrogens with zero attached hydrogens (tertiary/aromatic N) is 3. The number of thioether (sulfide) groups is 1. The van der Waals surface area contributed by atoms with Gasteiger partial charge in [-0.2, -0.15) is 10.5 Å². The quantitative estimate of drug-likeness (QED) is 0.674. The van der Waals surface area contributed by atoms with Crippen LogP contribution in [-0.4, -0.2) is 24.5 Å². The molecule has 0 radical (unpaired) electrons. The lowest BCUT2D eigenvalue weighted by molar-refractivity contribution is 0.218. The Morgan fingerprint density at radius 2 is 1.86 bits per heavy atom. The number of aromatic nitrogens is 1. The van der Waals surface area contributed by atoms with Crippen LogP contribution in [0.2, 0.25) is 0 Å². The summed E-state index contributed by atoms with van der Waals surface area (Å²) in [6.45, 7) is 0.539. The van der Waals surface area contributed by atoms with Gasteiger partial charge in [-0.3, -0.25) is 0 Å². The highest BCUT2D eigenvalue weighted by Crippen LogP contribution is 2.35. The van der Waals surface area contributed by atoms with Crippen LogP contribution in [0.25, 0.3) is 11.1 Å². The predicted molar refractivity (Wildman–Crippen MR) is 86.1 cm³/mol. The molecule has 0 aliphatic rings. The van der Waals surface area contributed by atoms with Gasteiger partial charge in [-0.1, -0.05) is 30.3 Å². The Balaban J connectivity index is 2.64. The maximum absolute atomic E-state index is 9.54. The molecule has 0 saturated heterocycles. The van der Waals surface area contributed by atoms with Crippen molar-refractivity contribution in [2.24, 2.45) is 0 Å². The standard InChI is InChI=1S/C16H14N4OS/c1-21-7-8-22-16-13(10-18)14(11-5-3-2-4-6-11)12(9-17)15(19)20-16/h2-6H,7-8H2,1H3,(H2,19,20). The van der Waals surface area contributed by atoms with Crippen molar-refractivity contribution in [2.45, 2.75) is 5.03 Å². The zero-order valence-corrected chi connectivity index (χ0v) is 12.9. The van der Waals surface area contributed by atoms with E-state index < -0.39 is 0 Å². The average Bonchev–Trinajstić information content (AvgIpc) is 2.55. The molecule has 5 nitrogen and oxygen atoms in total. The van der Waals surface area contributed by atoms with Crippen LogP contribution in [0.1, 0.15) is 11.1 Å². The average molecular weight is 310 g/mol. The third-order valence-electron chi connectivity index (χ3n) is 3.00. The highest BCUT2D eigenvalue weighted by Gasteiger charge is 2.20. The lowest BCUT2D eigenvalue weighted by Gasteiger charge is -2.12. The Morgan fingerprint density at radius 1 is 1.18 bits per heavy atom. The smallest absolute Gasteiger partial charge is 0.143 e. The van der Waals surface area contributed by atoms with Gasteiger partial charge in [0, 0.05) is 18.4 Å². The Labute approximate surface area is 133 Å². The van der Waals surface area contributed by atoms with Gasteiger partial charge in [-0.05, 0) is 5.56 Å². The lowest BCUT2D eigenvalue weighted by atomic mass is 9.97. The minimum absolute atomic E-state index is 0.139. The van der Waals surface area contributed by atoms with Gasteiger partial charge in [-0.25, -0.2) is 4.98 Å². The summed E-state index contributed by atoms with van der Waals surface area (Å²) in [6.07, 6.45) is 0. The minimum atomic E-state index is 0.139. The zero-order chi connectivity index (χ0) is 15.9. The van der Waals surface area contributed by atoms with Crippen molar-refractivity contribution >= 4 is 17.6 Å². The Bertz CT molecular complexity index is 747. The fourth-order valence-electron chi connectivity index (χ4n) is 2.02. The van der Waals surface area contributed by atoms with E-state index in [2.05, 4.69) is 17.1 Å². The molecular weight excluding hydrogens is 296 g/mol. The summed E-state index contributed by atoms with van der Waals surface area (Å²) < 4.78 is 5.01. The third-order valence-corrected chi connectivity index (χ3v) is 3.94. The summed E-state index contributed by atoms with van der Waals surface area (Å²) in [7, 11) is 1.61. The maximum atomic E-state index is 9.54. The first kappa shape index (κ1) is 15.8. The third kappa shape index (κ3) is 3.20. The van der Waals surface area contributed by atoms with Crippen LogP contribution in [0.15, 0.2) is 35.4 Å². The lowest BCUT2D eigenvalue weighted by Crippen LogP contribution is -2.04. The van der Waals surface area contributed by atoms with Crippen LogP contribution < -0.4 is 5.73 Å². The summed E-state index contributed by atoms with van der Waals surface area (Å²) >= 11 is 1.39. The molecule has 0 fully saturated rings. The number of benzene rings is 1. The molecule has 0 aliphatic carbocycles. The Kier molecular flexibility index (Phi) is 5.37. The van der Waals surface area contributed by atoms with Crippen molar-refractivity contribution in [1.29, 1.82) is 10.5 Å². The molecule has 0 amide bonds. The van der Waals surface area contributed by atoms with Crippen molar-refractivity contribution in [3.8, 4) is 23.3 Å². The molecule has 2 aromatic rings. The minimum Gasteiger partial charge on any atom is -0.384 e. The topological polar surface area (TPSA) is 95.7 Å². The zero-order valence-electron chi connectivity index (χ0n) is 12.0. The van der Waals surface area contributed by atoms with Crippen molar-refractivity contribution < 1.29 is 4.74 Å². The van der Waals surface area contributed by atoms with E-state index in [1.807, 2.05) is 30.3 Å². The molecule has 1 aromatic carbocycles. The molecule has 0 spiro atoms. The van der Waals surface area contributed by atoms with Crippen LogP contribution in [-0.2, 0) is 4.74 Å². The molecule has 110 valence electrons. The number of ether oxygens (including phenoxy) is 1. The van der Waals surface area contributed by atoms with E-state index in [1.54, 1.807) is 7.11 Å². The second-order valence-electron chi connectivity index (χ2n) is 4.36. The normalized spacial score (nSPS) is 9.95. The predicted octanol–water partition coefficient (Wildman–Crippen LogP) is 2.81. The molecule has 2 rings (SSSR count). The van der Waals surface area contributed by atoms with E-state index in [4.69, 9.17) is 10.5 Å². The van der Waals surface area contributed by atoms with E-state index in [0.717, 1.165) is 5.56 Å². The molecule has 6 heteroatoms. The van der Waals surface area contributed by atoms with Crippen molar-refractivity contribution in [3.05, 3.63) is 41.5 Å². The van der Waals surface area contributed by atoms with Gasteiger partial charge in [0.2, 0.25) is 0 Å². The summed E-state index contributed by atoms with van der Waals surface area (Å²) in [5.74, 6) is 0.790. The van der Waals surface area contributed by atoms with Crippen LogP contribution in [0, 0.1) is 22.7 Å². The number of nitrogen functional groups attached to an aromatic ring is 1. The number of anilines is 1. The van der Waals surface area contributed by atoms with E-state index in [9.17, 15) is 10.5 Å². The largest absolute Gasteiger partial charge is 0.384 e. The van der Waals surface area contributed by atoms with E-state index in [0.29, 0.717) is 28.5 Å². The number of rotatable bonds is 5. The van der Waals surface area contributed by atoms with Crippen molar-refractivity contribution in [3.63, 3.8) is 0 Å².